The molecular formula is C26H37N5O5. The Balaban J connectivity index is 1.93. The molecule has 1 aliphatic rings. The van der Waals surface area contributed by atoms with Crippen molar-refractivity contribution >= 4 is 35.2 Å². The van der Waals surface area contributed by atoms with E-state index in [0.717, 1.165) is 18.4 Å². The molecule has 36 heavy (non-hydrogen) atoms. The van der Waals surface area contributed by atoms with Gasteiger partial charge in [-0.15, -0.1) is 0 Å². The number of amides is 5. The number of hydrogen-bond donors (Lipinski definition) is 4. The molecule has 10 heteroatoms. The Kier molecular flexibility index (Phi) is 11.1. The van der Waals surface area contributed by atoms with E-state index in [1.54, 1.807) is 0 Å². The molecule has 2 rings (SSSR count). The van der Waals surface area contributed by atoms with Crippen molar-refractivity contribution in [2.24, 2.45) is 0 Å². The first-order chi connectivity index (χ1) is 17.1. The molecule has 1 aliphatic heterocycles. The maximum absolute atomic E-state index is 13.1. The summed E-state index contributed by atoms with van der Waals surface area (Å²) >= 11 is 0. The number of hydrogen-bond acceptors (Lipinski definition) is 5. The van der Waals surface area contributed by atoms with Gasteiger partial charge in [-0.1, -0.05) is 44.0 Å². The SMILES string of the molecule is C=C(C)C(=O)NCC(=O)NCC(=O)N1CCCC1C(=O)NC(CCCC)C(=O)Nc1ccc(C)cc1. The molecule has 1 heterocycles. The number of unbranched alkanes of at least 4 members (excludes halogenated alkanes) is 1. The molecule has 1 aromatic carbocycles. The first-order valence-corrected chi connectivity index (χ1v) is 12.3. The number of likely N-dealkylation sites (tertiary alicyclic amines) is 1. The fourth-order valence-corrected chi connectivity index (χ4v) is 3.80. The van der Waals surface area contributed by atoms with Gasteiger partial charge in [0.2, 0.25) is 29.5 Å². The van der Waals surface area contributed by atoms with E-state index in [4.69, 9.17) is 0 Å². The van der Waals surface area contributed by atoms with Gasteiger partial charge in [-0.25, -0.2) is 0 Å². The molecule has 196 valence electrons. The Morgan fingerprint density at radius 3 is 2.42 bits per heavy atom. The average Bonchev–Trinajstić information content (AvgIpc) is 3.35. The molecular weight excluding hydrogens is 462 g/mol. The lowest BCUT2D eigenvalue weighted by Gasteiger charge is -2.26. The van der Waals surface area contributed by atoms with Crippen LogP contribution in [0.25, 0.3) is 0 Å². The van der Waals surface area contributed by atoms with Crippen molar-refractivity contribution in [1.29, 1.82) is 0 Å². The van der Waals surface area contributed by atoms with Gasteiger partial charge in [-0.05, 0) is 45.2 Å². The standard InChI is InChI=1S/C26H37N5O5/c1-5-6-8-20(25(35)29-19-12-10-18(4)11-13-19)30-26(36)21-9-7-14-31(21)23(33)16-27-22(32)15-28-24(34)17(2)3/h10-13,20-21H,2,5-9,14-16H2,1,3-4H3,(H,27,32)(H,28,34)(H,29,35)(H,30,36). The van der Waals surface area contributed by atoms with Crippen molar-refractivity contribution in [2.75, 3.05) is 25.0 Å². The minimum Gasteiger partial charge on any atom is -0.345 e. The van der Waals surface area contributed by atoms with Crippen LogP contribution in [0.4, 0.5) is 5.69 Å². The third kappa shape index (κ3) is 8.83. The first kappa shape index (κ1) is 28.5. The number of anilines is 1. The number of nitrogens with zero attached hydrogens (tertiary/aromatic N) is 1. The minimum atomic E-state index is -0.729. The van der Waals surface area contributed by atoms with Gasteiger partial charge in [-0.3, -0.25) is 24.0 Å². The number of benzene rings is 1. The molecule has 1 saturated heterocycles. The lowest BCUT2D eigenvalue weighted by atomic mass is 10.1. The lowest BCUT2D eigenvalue weighted by molar-refractivity contribution is -0.139. The summed E-state index contributed by atoms with van der Waals surface area (Å²) in [6, 6.07) is 5.96. The van der Waals surface area contributed by atoms with Gasteiger partial charge in [0.05, 0.1) is 13.1 Å². The highest BCUT2D eigenvalue weighted by molar-refractivity contribution is 5.99. The molecule has 0 saturated carbocycles. The summed E-state index contributed by atoms with van der Waals surface area (Å²) in [7, 11) is 0. The topological polar surface area (TPSA) is 137 Å². The molecule has 0 aromatic heterocycles. The van der Waals surface area contributed by atoms with Gasteiger partial charge in [0.1, 0.15) is 12.1 Å². The molecule has 2 unspecified atom stereocenters. The third-order valence-corrected chi connectivity index (χ3v) is 5.91. The van der Waals surface area contributed by atoms with Gasteiger partial charge >= 0.3 is 0 Å². The van der Waals surface area contributed by atoms with Crippen LogP contribution >= 0.6 is 0 Å². The molecule has 5 amide bonds. The van der Waals surface area contributed by atoms with Crippen LogP contribution in [0.3, 0.4) is 0 Å². The molecule has 10 nitrogen and oxygen atoms in total. The van der Waals surface area contributed by atoms with Crippen LogP contribution in [0.1, 0.15) is 51.5 Å². The van der Waals surface area contributed by atoms with Crippen LogP contribution < -0.4 is 21.3 Å². The van der Waals surface area contributed by atoms with Gasteiger partial charge < -0.3 is 26.2 Å². The van der Waals surface area contributed by atoms with Crippen molar-refractivity contribution in [3.8, 4) is 0 Å². The Bertz CT molecular complexity index is 975. The van der Waals surface area contributed by atoms with E-state index in [1.165, 1.54) is 11.8 Å². The maximum Gasteiger partial charge on any atom is 0.246 e. The summed E-state index contributed by atoms with van der Waals surface area (Å²) in [6.07, 6.45) is 3.22. The van der Waals surface area contributed by atoms with E-state index < -0.39 is 29.8 Å². The fraction of sp³-hybridized carbons (Fsp3) is 0.500. The molecule has 1 aromatic rings. The predicted octanol–water partition coefficient (Wildman–Crippen LogP) is 1.41. The zero-order chi connectivity index (χ0) is 26.7. The first-order valence-electron chi connectivity index (χ1n) is 12.3. The highest BCUT2D eigenvalue weighted by atomic mass is 16.2. The van der Waals surface area contributed by atoms with Crippen LogP contribution in [0.15, 0.2) is 36.4 Å². The highest BCUT2D eigenvalue weighted by Gasteiger charge is 2.35. The molecule has 0 aliphatic carbocycles. The summed E-state index contributed by atoms with van der Waals surface area (Å²) < 4.78 is 0. The van der Waals surface area contributed by atoms with E-state index in [2.05, 4.69) is 27.8 Å². The largest absolute Gasteiger partial charge is 0.345 e. The Hall–Kier alpha value is -3.69. The second-order valence-electron chi connectivity index (χ2n) is 9.04. The second kappa shape index (κ2) is 14.0. The van der Waals surface area contributed by atoms with E-state index in [-0.39, 0.29) is 30.5 Å². The molecule has 1 fully saturated rings. The van der Waals surface area contributed by atoms with E-state index in [9.17, 15) is 24.0 Å². The van der Waals surface area contributed by atoms with Crippen molar-refractivity contribution in [1.82, 2.24) is 20.9 Å². The number of aryl methyl sites for hydroxylation is 1. The second-order valence-corrected chi connectivity index (χ2v) is 9.04. The monoisotopic (exact) mass is 499 g/mol. The zero-order valence-corrected chi connectivity index (χ0v) is 21.3. The lowest BCUT2D eigenvalue weighted by Crippen LogP contribution is -2.53. The fourth-order valence-electron chi connectivity index (χ4n) is 3.80. The van der Waals surface area contributed by atoms with Crippen LogP contribution in [0.2, 0.25) is 0 Å². The molecule has 0 spiro atoms. The van der Waals surface area contributed by atoms with Crippen molar-refractivity contribution in [2.45, 2.75) is 65.0 Å². The zero-order valence-electron chi connectivity index (χ0n) is 21.3. The summed E-state index contributed by atoms with van der Waals surface area (Å²) in [5, 5.41) is 10.5. The van der Waals surface area contributed by atoms with Gasteiger partial charge in [-0.2, -0.15) is 0 Å². The third-order valence-electron chi connectivity index (χ3n) is 5.91. The van der Waals surface area contributed by atoms with Gasteiger partial charge in [0.25, 0.3) is 0 Å². The summed E-state index contributed by atoms with van der Waals surface area (Å²) in [5.74, 6) is -2.06. The van der Waals surface area contributed by atoms with E-state index >= 15 is 0 Å². The number of nitrogens with one attached hydrogen (secondary N) is 4. The minimum absolute atomic E-state index is 0.273. The highest BCUT2D eigenvalue weighted by Crippen LogP contribution is 2.18. The van der Waals surface area contributed by atoms with Crippen molar-refractivity contribution in [3.63, 3.8) is 0 Å². The van der Waals surface area contributed by atoms with Gasteiger partial charge in [0, 0.05) is 17.8 Å². The van der Waals surface area contributed by atoms with Crippen molar-refractivity contribution < 1.29 is 24.0 Å². The molecule has 4 N–H and O–H groups in total. The number of carbonyl (C=O) groups excluding carboxylic acids is 5. The molecule has 0 radical (unpaired) electrons. The normalized spacial score (nSPS) is 15.5. The average molecular weight is 500 g/mol. The van der Waals surface area contributed by atoms with Crippen LogP contribution in [-0.4, -0.2) is 66.2 Å². The smallest absolute Gasteiger partial charge is 0.246 e. The Labute approximate surface area is 212 Å². The summed E-state index contributed by atoms with van der Waals surface area (Å²) in [5.41, 5.74) is 1.99. The Morgan fingerprint density at radius 1 is 1.08 bits per heavy atom. The quantitative estimate of drug-likeness (QED) is 0.322. The van der Waals surface area contributed by atoms with Crippen LogP contribution in [-0.2, 0) is 24.0 Å². The van der Waals surface area contributed by atoms with Crippen LogP contribution in [0.5, 0.6) is 0 Å². The number of rotatable bonds is 12. The summed E-state index contributed by atoms with van der Waals surface area (Å²) in [4.78, 5) is 63.6. The molecule has 0 bridgehead atoms. The van der Waals surface area contributed by atoms with E-state index in [0.29, 0.717) is 31.5 Å². The predicted molar refractivity (Wildman–Crippen MR) is 137 cm³/mol. The van der Waals surface area contributed by atoms with Gasteiger partial charge in [0.15, 0.2) is 0 Å². The van der Waals surface area contributed by atoms with E-state index in [1.807, 2.05) is 38.1 Å². The number of carbonyl (C=O) groups is 5. The van der Waals surface area contributed by atoms with Crippen molar-refractivity contribution in [3.05, 3.63) is 42.0 Å². The molecule has 2 atom stereocenters. The van der Waals surface area contributed by atoms with Crippen LogP contribution in [0, 0.1) is 6.92 Å². The Morgan fingerprint density at radius 2 is 1.78 bits per heavy atom. The summed E-state index contributed by atoms with van der Waals surface area (Å²) in [6.45, 7) is 8.78. The maximum atomic E-state index is 13.1.